The van der Waals surface area contributed by atoms with Gasteiger partial charge in [-0.15, -0.1) is 0 Å². The van der Waals surface area contributed by atoms with E-state index in [4.69, 9.17) is 0 Å². The predicted octanol–water partition coefficient (Wildman–Crippen LogP) is 0.143. The minimum atomic E-state index is -4.89. The third-order valence-corrected chi connectivity index (χ3v) is 8.01. The summed E-state index contributed by atoms with van der Waals surface area (Å²) < 4.78 is 59.7. The van der Waals surface area contributed by atoms with Crippen LogP contribution >= 0.6 is 0 Å². The summed E-state index contributed by atoms with van der Waals surface area (Å²) in [5, 5.41) is 0. The molecule has 0 radical (unpaired) electrons. The summed E-state index contributed by atoms with van der Waals surface area (Å²) in [6.07, 6.45) is 0. The van der Waals surface area contributed by atoms with Gasteiger partial charge in [-0.1, -0.05) is 0 Å². The van der Waals surface area contributed by atoms with E-state index < -0.39 is 28.3 Å². The third-order valence-electron chi connectivity index (χ3n) is 3.94. The van der Waals surface area contributed by atoms with Crippen molar-refractivity contribution in [2.45, 2.75) is 0 Å². The van der Waals surface area contributed by atoms with Crippen LogP contribution in [0.1, 0.15) is 0 Å². The van der Waals surface area contributed by atoms with Gasteiger partial charge in [-0.25, -0.2) is 0 Å². The molecule has 134 valence electrons. The number of hydrogen-bond acceptors (Lipinski definition) is 2. The summed E-state index contributed by atoms with van der Waals surface area (Å²) in [5.74, 6) is 0. The molecule has 0 bridgehead atoms. The van der Waals surface area contributed by atoms with Gasteiger partial charge in [0.2, 0.25) is 0 Å². The second kappa shape index (κ2) is 7.09. The molecule has 3 rings (SSSR count). The van der Waals surface area contributed by atoms with Crippen LogP contribution in [0.5, 0.6) is 0 Å². The van der Waals surface area contributed by atoms with Crippen LogP contribution in [-0.2, 0) is 7.48 Å². The van der Waals surface area contributed by atoms with E-state index >= 15 is 0 Å². The average Bonchev–Trinajstić information content (AvgIpc) is 2.61. The summed E-state index contributed by atoms with van der Waals surface area (Å²) in [6, 6.07) is 19.9. The quantitative estimate of drug-likeness (QED) is 0.397. The Balaban J connectivity index is 1.93. The Morgan fingerprint density at radius 2 is 0.846 bits per heavy atom. The van der Waals surface area contributed by atoms with Gasteiger partial charge in [0.15, 0.2) is 0 Å². The van der Waals surface area contributed by atoms with Gasteiger partial charge in [-0.05, 0) is 0 Å². The molecule has 0 fully saturated rings. The number of benzene rings is 3. The fourth-order valence-electron chi connectivity index (χ4n) is 2.57. The Hall–Kier alpha value is -1.78. The molecule has 0 amide bonds. The van der Waals surface area contributed by atoms with Gasteiger partial charge in [0.25, 0.3) is 0 Å². The van der Waals surface area contributed by atoms with E-state index in [-0.39, 0.29) is 8.70 Å². The van der Waals surface area contributed by atoms with E-state index in [2.05, 4.69) is 0 Å². The topological polar surface area (TPSA) is 115 Å². The fraction of sp³-hybridized carbons (Fsp3) is 0. The monoisotopic (exact) mass is 478 g/mol. The van der Waals surface area contributed by atoms with Crippen LogP contribution in [0.4, 0.5) is 0 Å². The zero-order chi connectivity index (χ0) is 18.9. The molecule has 26 heavy (non-hydrogen) atoms. The molecule has 6 nitrogen and oxygen atoms in total. The van der Waals surface area contributed by atoms with E-state index in [0.717, 1.165) is 22.3 Å². The molecular formula is C18H16As2O6. The maximum atomic E-state index is 11.3. The summed E-state index contributed by atoms with van der Waals surface area (Å²) in [5.41, 5.74) is 3.37. The molecule has 0 unspecified atom stereocenters. The molecule has 0 aliphatic heterocycles. The summed E-state index contributed by atoms with van der Waals surface area (Å²) >= 11 is -9.79. The first-order chi connectivity index (χ1) is 12.1. The Kier molecular flexibility index (Phi) is 5.18. The summed E-state index contributed by atoms with van der Waals surface area (Å²) in [6.45, 7) is 0. The van der Waals surface area contributed by atoms with E-state index in [0.29, 0.717) is 0 Å². The van der Waals surface area contributed by atoms with E-state index in [9.17, 15) is 23.9 Å². The van der Waals surface area contributed by atoms with Gasteiger partial charge < -0.3 is 0 Å². The van der Waals surface area contributed by atoms with Gasteiger partial charge >= 0.3 is 156 Å². The van der Waals surface area contributed by atoms with Crippen molar-refractivity contribution in [3.05, 3.63) is 72.8 Å². The Bertz CT molecular complexity index is 936. The Labute approximate surface area is 155 Å². The molecule has 0 saturated heterocycles. The van der Waals surface area contributed by atoms with Crippen LogP contribution in [0.2, 0.25) is 0 Å². The molecule has 0 aliphatic carbocycles. The molecule has 8 heteroatoms. The summed E-state index contributed by atoms with van der Waals surface area (Å²) in [4.78, 5) is 0. The van der Waals surface area contributed by atoms with Gasteiger partial charge in [0.1, 0.15) is 0 Å². The van der Waals surface area contributed by atoms with Crippen molar-refractivity contribution in [2.75, 3.05) is 0 Å². The van der Waals surface area contributed by atoms with Gasteiger partial charge in [0.05, 0.1) is 0 Å². The predicted molar refractivity (Wildman–Crippen MR) is 98.3 cm³/mol. The van der Waals surface area contributed by atoms with Crippen molar-refractivity contribution in [3.63, 3.8) is 0 Å². The Morgan fingerprint density at radius 1 is 0.500 bits per heavy atom. The van der Waals surface area contributed by atoms with Crippen molar-refractivity contribution in [2.24, 2.45) is 0 Å². The van der Waals surface area contributed by atoms with Crippen molar-refractivity contribution in [1.82, 2.24) is 0 Å². The first kappa shape index (κ1) is 19.0. The second-order valence-corrected chi connectivity index (χ2v) is 12.5. The molecule has 0 aromatic heterocycles. The van der Waals surface area contributed by atoms with Crippen molar-refractivity contribution < 1.29 is 23.9 Å². The Morgan fingerprint density at radius 3 is 1.15 bits per heavy atom. The maximum absolute atomic E-state index is 11.3. The third kappa shape index (κ3) is 4.30. The number of rotatable bonds is 4. The first-order valence-corrected chi connectivity index (χ1v) is 14.3. The fourth-order valence-corrected chi connectivity index (χ4v) is 4.83. The molecule has 0 aliphatic rings. The van der Waals surface area contributed by atoms with Crippen LogP contribution < -0.4 is 8.70 Å². The van der Waals surface area contributed by atoms with Crippen LogP contribution in [0.25, 0.3) is 22.3 Å². The van der Waals surface area contributed by atoms with Gasteiger partial charge in [0, 0.05) is 0 Å². The van der Waals surface area contributed by atoms with Crippen LogP contribution in [0.3, 0.4) is 0 Å². The van der Waals surface area contributed by atoms with E-state index in [1.165, 1.54) is 24.3 Å². The molecule has 4 N–H and O–H groups in total. The molecule has 0 atom stereocenters. The molecule has 0 saturated carbocycles. The van der Waals surface area contributed by atoms with Crippen LogP contribution in [-0.4, -0.2) is 44.7 Å². The second-order valence-electron chi connectivity index (χ2n) is 5.76. The standard InChI is InChI=1S/C18H16As2O6/c21-19(22,23)17-8-4-13(5-9-17)15-2-1-3-16(12-15)14-6-10-18(11-7-14)20(24,25)26/h1-12H,(H2,21,22,23)(H2,24,25,26). The normalized spacial score (nSPS) is 12.2. The van der Waals surface area contributed by atoms with Gasteiger partial charge in [-0.2, -0.15) is 0 Å². The summed E-state index contributed by atoms with van der Waals surface area (Å²) in [7, 11) is 0. The van der Waals surface area contributed by atoms with Crippen LogP contribution in [0, 0.1) is 0 Å². The zero-order valence-electron chi connectivity index (χ0n) is 13.4. The van der Waals surface area contributed by atoms with Gasteiger partial charge in [-0.3, -0.25) is 0 Å². The number of hydrogen-bond donors (Lipinski definition) is 4. The average molecular weight is 478 g/mol. The first-order valence-electron chi connectivity index (χ1n) is 7.58. The van der Waals surface area contributed by atoms with Crippen LogP contribution in [0.15, 0.2) is 72.8 Å². The van der Waals surface area contributed by atoms with Crippen molar-refractivity contribution >= 4 is 37.0 Å². The molecule has 3 aromatic carbocycles. The van der Waals surface area contributed by atoms with Crippen molar-refractivity contribution in [1.29, 1.82) is 0 Å². The molecular weight excluding hydrogens is 462 g/mol. The van der Waals surface area contributed by atoms with Crippen molar-refractivity contribution in [3.8, 4) is 22.3 Å². The zero-order valence-corrected chi connectivity index (χ0v) is 17.2. The molecule has 3 aromatic rings. The SMILES string of the molecule is O=[As](O)(O)c1ccc(-c2cccc(-c3ccc([As](=O)(O)O)cc3)c2)cc1. The van der Waals surface area contributed by atoms with E-state index in [1.54, 1.807) is 24.3 Å². The van der Waals surface area contributed by atoms with E-state index in [1.807, 2.05) is 24.3 Å². The minimum absolute atomic E-state index is 0.0258. The molecule has 0 heterocycles. The molecule has 0 spiro atoms.